The Labute approximate surface area is 130 Å². The second-order valence-electron chi connectivity index (χ2n) is 5.15. The van der Waals surface area contributed by atoms with Crippen molar-refractivity contribution < 1.29 is 18.3 Å². The molecule has 0 fully saturated rings. The minimum Gasteiger partial charge on any atom is -0.390 e. The van der Waals surface area contributed by atoms with E-state index in [4.69, 9.17) is 0 Å². The molecule has 0 heterocycles. The Bertz CT molecular complexity index is 633. The average molecular weight is 327 g/mol. The molecule has 0 bridgehead atoms. The average Bonchev–Trinajstić information content (AvgIpc) is 2.80. The van der Waals surface area contributed by atoms with Crippen LogP contribution in [0.3, 0.4) is 0 Å². The molecule has 0 saturated heterocycles. The lowest BCUT2D eigenvalue weighted by atomic mass is 10.1. The molecule has 1 aromatic rings. The van der Waals surface area contributed by atoms with Gasteiger partial charge in [0.15, 0.2) is 0 Å². The van der Waals surface area contributed by atoms with Crippen LogP contribution in [0.2, 0.25) is 0 Å². The van der Waals surface area contributed by atoms with Crippen molar-refractivity contribution in [3.05, 3.63) is 35.4 Å². The summed E-state index contributed by atoms with van der Waals surface area (Å²) in [5.41, 5.74) is 1.94. The minimum absolute atomic E-state index is 0.00421. The molecule has 7 nitrogen and oxygen atoms in total. The molecule has 0 unspecified atom stereocenters. The van der Waals surface area contributed by atoms with Gasteiger partial charge < -0.3 is 15.7 Å². The van der Waals surface area contributed by atoms with Crippen LogP contribution in [-0.2, 0) is 16.4 Å². The normalized spacial score (nSPS) is 20.5. The summed E-state index contributed by atoms with van der Waals surface area (Å²) < 4.78 is 24.8. The Morgan fingerprint density at radius 1 is 1.32 bits per heavy atom. The van der Waals surface area contributed by atoms with Crippen molar-refractivity contribution in [1.82, 2.24) is 15.4 Å². The van der Waals surface area contributed by atoms with Gasteiger partial charge in [-0.15, -0.1) is 0 Å². The third-order valence-electron chi connectivity index (χ3n) is 3.60. The van der Waals surface area contributed by atoms with Crippen molar-refractivity contribution in [2.75, 3.05) is 18.8 Å². The van der Waals surface area contributed by atoms with Crippen LogP contribution in [0.4, 0.5) is 4.79 Å². The molecule has 0 saturated carbocycles. The molecule has 8 heteroatoms. The Hall–Kier alpha value is -1.64. The van der Waals surface area contributed by atoms with E-state index in [0.29, 0.717) is 6.42 Å². The van der Waals surface area contributed by atoms with Crippen LogP contribution < -0.4 is 15.4 Å². The van der Waals surface area contributed by atoms with Crippen LogP contribution in [0.15, 0.2) is 24.3 Å². The molecule has 2 atom stereocenters. The number of fused-ring (bicyclic) bond motifs is 1. The summed E-state index contributed by atoms with van der Waals surface area (Å²) in [5.74, 6) is 0.00421. The molecule has 2 amide bonds. The number of urea groups is 1. The second kappa shape index (κ2) is 7.08. The van der Waals surface area contributed by atoms with Gasteiger partial charge in [0, 0.05) is 19.5 Å². The molecule has 0 aliphatic heterocycles. The van der Waals surface area contributed by atoms with E-state index in [2.05, 4.69) is 15.4 Å². The Morgan fingerprint density at radius 2 is 2.05 bits per heavy atom. The molecule has 122 valence electrons. The number of rotatable bonds is 6. The van der Waals surface area contributed by atoms with E-state index in [1.54, 1.807) is 6.92 Å². The molecule has 22 heavy (non-hydrogen) atoms. The maximum Gasteiger partial charge on any atom is 0.315 e. The van der Waals surface area contributed by atoms with Gasteiger partial charge in [0.2, 0.25) is 10.0 Å². The topological polar surface area (TPSA) is 108 Å². The summed E-state index contributed by atoms with van der Waals surface area (Å²) >= 11 is 0. The van der Waals surface area contributed by atoms with Crippen molar-refractivity contribution in [3.63, 3.8) is 0 Å². The molecule has 4 N–H and O–H groups in total. The maximum atomic E-state index is 11.8. The zero-order chi connectivity index (χ0) is 16.2. The molecule has 1 aliphatic carbocycles. The lowest BCUT2D eigenvalue weighted by molar-refractivity contribution is 0.142. The number of hydrogen-bond acceptors (Lipinski definition) is 4. The van der Waals surface area contributed by atoms with Crippen LogP contribution in [0.1, 0.15) is 24.1 Å². The highest BCUT2D eigenvalue weighted by atomic mass is 32.2. The minimum atomic E-state index is -3.25. The van der Waals surface area contributed by atoms with E-state index in [0.717, 1.165) is 11.1 Å². The van der Waals surface area contributed by atoms with Gasteiger partial charge in [-0.05, 0) is 18.1 Å². The summed E-state index contributed by atoms with van der Waals surface area (Å²) in [4.78, 5) is 11.8. The van der Waals surface area contributed by atoms with E-state index >= 15 is 0 Å². The highest BCUT2D eigenvalue weighted by Gasteiger charge is 2.31. The predicted octanol–water partition coefficient (Wildman–Crippen LogP) is -0.117. The summed E-state index contributed by atoms with van der Waals surface area (Å²) in [6.07, 6.45) is -0.140. The van der Waals surface area contributed by atoms with Crippen molar-refractivity contribution in [2.24, 2.45) is 0 Å². The van der Waals surface area contributed by atoms with E-state index < -0.39 is 28.2 Å². The fourth-order valence-corrected chi connectivity index (χ4v) is 3.04. The first-order valence-electron chi connectivity index (χ1n) is 7.20. The van der Waals surface area contributed by atoms with Gasteiger partial charge in [0.1, 0.15) is 0 Å². The monoisotopic (exact) mass is 327 g/mol. The second-order valence-corrected chi connectivity index (χ2v) is 7.24. The summed E-state index contributed by atoms with van der Waals surface area (Å²) in [5, 5.41) is 15.3. The van der Waals surface area contributed by atoms with Gasteiger partial charge in [-0.25, -0.2) is 17.9 Å². The first-order valence-corrected chi connectivity index (χ1v) is 8.85. The van der Waals surface area contributed by atoms with Crippen LogP contribution in [0.5, 0.6) is 0 Å². The third kappa shape index (κ3) is 4.19. The highest BCUT2D eigenvalue weighted by Crippen LogP contribution is 2.30. The Kier molecular flexibility index (Phi) is 5.38. The van der Waals surface area contributed by atoms with Gasteiger partial charge in [0.05, 0.1) is 17.9 Å². The van der Waals surface area contributed by atoms with Gasteiger partial charge in [-0.2, -0.15) is 0 Å². The molecule has 0 spiro atoms. The number of amides is 2. The number of hydrogen-bond donors (Lipinski definition) is 4. The Morgan fingerprint density at radius 3 is 2.77 bits per heavy atom. The summed E-state index contributed by atoms with van der Waals surface area (Å²) in [7, 11) is -3.25. The predicted molar refractivity (Wildman–Crippen MR) is 82.9 cm³/mol. The van der Waals surface area contributed by atoms with Gasteiger partial charge in [0.25, 0.3) is 0 Å². The number of aliphatic hydroxyl groups is 1. The zero-order valence-corrected chi connectivity index (χ0v) is 13.2. The number of carbonyl (C=O) groups is 1. The quantitative estimate of drug-likeness (QED) is 0.547. The maximum absolute atomic E-state index is 11.8. The lowest BCUT2D eigenvalue weighted by Gasteiger charge is -2.18. The SMILES string of the molecule is CCS(=O)(=O)NCCNC(=O)N[C@@H]1c2ccccc2C[C@@H]1O. The Balaban J connectivity index is 1.81. The highest BCUT2D eigenvalue weighted by molar-refractivity contribution is 7.89. The largest absolute Gasteiger partial charge is 0.390 e. The molecular weight excluding hydrogens is 306 g/mol. The smallest absolute Gasteiger partial charge is 0.315 e. The van der Waals surface area contributed by atoms with Crippen molar-refractivity contribution >= 4 is 16.1 Å². The standard InChI is InChI=1S/C14H21N3O4S/c1-2-22(20,21)16-8-7-15-14(19)17-13-11-6-4-3-5-10(11)9-12(13)18/h3-6,12-13,16,18H,2,7-9H2,1H3,(H2,15,17,19)/t12-,13+/m0/s1. The molecular formula is C14H21N3O4S. The molecule has 2 rings (SSSR count). The molecule has 1 aliphatic rings. The van der Waals surface area contributed by atoms with Crippen LogP contribution in [0.25, 0.3) is 0 Å². The number of carbonyl (C=O) groups excluding carboxylic acids is 1. The molecule has 1 aromatic carbocycles. The van der Waals surface area contributed by atoms with E-state index in [1.165, 1.54) is 0 Å². The van der Waals surface area contributed by atoms with E-state index in [1.807, 2.05) is 24.3 Å². The number of benzene rings is 1. The van der Waals surface area contributed by atoms with Crippen molar-refractivity contribution in [2.45, 2.75) is 25.5 Å². The third-order valence-corrected chi connectivity index (χ3v) is 5.01. The van der Waals surface area contributed by atoms with Gasteiger partial charge >= 0.3 is 6.03 Å². The molecule has 0 aromatic heterocycles. The lowest BCUT2D eigenvalue weighted by Crippen LogP contribution is -2.43. The zero-order valence-electron chi connectivity index (χ0n) is 12.4. The number of aliphatic hydroxyl groups excluding tert-OH is 1. The van der Waals surface area contributed by atoms with Gasteiger partial charge in [-0.3, -0.25) is 0 Å². The van der Waals surface area contributed by atoms with E-state index in [-0.39, 0.29) is 18.8 Å². The van der Waals surface area contributed by atoms with Crippen LogP contribution >= 0.6 is 0 Å². The first-order chi connectivity index (χ1) is 10.4. The fourth-order valence-electron chi connectivity index (χ4n) is 2.42. The van der Waals surface area contributed by atoms with E-state index in [9.17, 15) is 18.3 Å². The van der Waals surface area contributed by atoms with Crippen LogP contribution in [-0.4, -0.2) is 44.5 Å². The summed E-state index contributed by atoms with van der Waals surface area (Å²) in [6.45, 7) is 1.85. The van der Waals surface area contributed by atoms with Crippen LogP contribution in [0, 0.1) is 0 Å². The first kappa shape index (κ1) is 16.7. The van der Waals surface area contributed by atoms with Crippen molar-refractivity contribution in [3.8, 4) is 0 Å². The van der Waals surface area contributed by atoms with Crippen molar-refractivity contribution in [1.29, 1.82) is 0 Å². The molecule has 0 radical (unpaired) electrons. The number of sulfonamides is 1. The summed E-state index contributed by atoms with van der Waals surface area (Å²) in [6, 6.07) is 6.69. The number of nitrogens with one attached hydrogen (secondary N) is 3. The van der Waals surface area contributed by atoms with Gasteiger partial charge in [-0.1, -0.05) is 24.3 Å². The fraction of sp³-hybridized carbons (Fsp3) is 0.500.